The Bertz CT molecular complexity index is 736. The summed E-state index contributed by atoms with van der Waals surface area (Å²) in [5.41, 5.74) is 2.94. The van der Waals surface area contributed by atoms with Gasteiger partial charge in [0.25, 0.3) is 0 Å². The summed E-state index contributed by atoms with van der Waals surface area (Å²) >= 11 is 0. The van der Waals surface area contributed by atoms with Gasteiger partial charge in [-0.25, -0.2) is 9.59 Å². The van der Waals surface area contributed by atoms with Gasteiger partial charge in [-0.15, -0.1) is 0 Å². The number of rotatable bonds is 5. The molecule has 0 aliphatic heterocycles. The Kier molecular flexibility index (Phi) is 5.81. The zero-order valence-electron chi connectivity index (χ0n) is 14.4. The van der Waals surface area contributed by atoms with E-state index in [4.69, 9.17) is 4.74 Å². The zero-order valence-corrected chi connectivity index (χ0v) is 14.4. The van der Waals surface area contributed by atoms with Crippen LogP contribution in [0.15, 0.2) is 24.4 Å². The third-order valence-electron chi connectivity index (χ3n) is 3.59. The van der Waals surface area contributed by atoms with E-state index in [-0.39, 0.29) is 0 Å². The standard InChI is InChI=1S/C17H22N2O5/c1-12-5-6-15-14(9-12)13(7-8-18(2)3)10-19(15)16(20)23-11-24-17(21)22-4/h5-6,9-10H,7-8,11H2,1-4H3. The average molecular weight is 334 g/mol. The highest BCUT2D eigenvalue weighted by atomic mass is 16.8. The summed E-state index contributed by atoms with van der Waals surface area (Å²) in [6.45, 7) is 2.38. The molecule has 0 bridgehead atoms. The number of nitrogens with zero attached hydrogens (tertiary/aromatic N) is 2. The van der Waals surface area contributed by atoms with E-state index in [1.54, 1.807) is 6.20 Å². The second-order valence-electron chi connectivity index (χ2n) is 5.72. The van der Waals surface area contributed by atoms with Crippen LogP contribution in [0.1, 0.15) is 11.1 Å². The molecule has 1 heterocycles. The molecule has 0 aliphatic carbocycles. The van der Waals surface area contributed by atoms with Gasteiger partial charge in [-0.1, -0.05) is 11.6 Å². The minimum absolute atomic E-state index is 0.496. The van der Waals surface area contributed by atoms with Gasteiger partial charge in [0.1, 0.15) is 0 Å². The summed E-state index contributed by atoms with van der Waals surface area (Å²) < 4.78 is 15.3. The first kappa shape index (κ1) is 17.8. The molecular weight excluding hydrogens is 312 g/mol. The molecule has 0 radical (unpaired) electrons. The fourth-order valence-electron chi connectivity index (χ4n) is 2.36. The van der Waals surface area contributed by atoms with Crippen molar-refractivity contribution in [1.29, 1.82) is 0 Å². The van der Waals surface area contributed by atoms with Crippen molar-refractivity contribution in [3.05, 3.63) is 35.5 Å². The van der Waals surface area contributed by atoms with Crippen LogP contribution in [0.3, 0.4) is 0 Å². The molecule has 7 heteroatoms. The summed E-state index contributed by atoms with van der Waals surface area (Å²) in [5.74, 6) is 0. The number of carbonyl (C=O) groups is 2. The average Bonchev–Trinajstić information content (AvgIpc) is 2.90. The predicted molar refractivity (Wildman–Crippen MR) is 89.2 cm³/mol. The van der Waals surface area contributed by atoms with Gasteiger partial charge in [0.2, 0.25) is 6.79 Å². The lowest BCUT2D eigenvalue weighted by Crippen LogP contribution is -2.17. The van der Waals surface area contributed by atoms with Crippen molar-refractivity contribution in [2.45, 2.75) is 13.3 Å². The van der Waals surface area contributed by atoms with Crippen LogP contribution in [0, 0.1) is 6.92 Å². The monoisotopic (exact) mass is 334 g/mol. The highest BCUT2D eigenvalue weighted by Gasteiger charge is 2.15. The number of carbonyl (C=O) groups excluding carboxylic acids is 2. The smallest absolute Gasteiger partial charge is 0.438 e. The fourth-order valence-corrected chi connectivity index (χ4v) is 2.36. The first-order valence-corrected chi connectivity index (χ1v) is 7.55. The lowest BCUT2D eigenvalue weighted by atomic mass is 10.1. The summed E-state index contributed by atoms with van der Waals surface area (Å²) in [6.07, 6.45) is 1.08. The summed E-state index contributed by atoms with van der Waals surface area (Å²) in [7, 11) is 5.19. The molecule has 0 amide bonds. The Hall–Kier alpha value is -2.54. The first-order valence-electron chi connectivity index (χ1n) is 7.55. The Labute approximate surface area is 140 Å². The number of fused-ring (bicyclic) bond motifs is 1. The van der Waals surface area contributed by atoms with Gasteiger partial charge < -0.3 is 19.1 Å². The van der Waals surface area contributed by atoms with Gasteiger partial charge in [0.05, 0.1) is 12.6 Å². The fraction of sp³-hybridized carbons (Fsp3) is 0.412. The molecule has 0 unspecified atom stereocenters. The van der Waals surface area contributed by atoms with E-state index < -0.39 is 19.0 Å². The van der Waals surface area contributed by atoms with E-state index in [1.165, 1.54) is 11.7 Å². The van der Waals surface area contributed by atoms with Gasteiger partial charge in [0.15, 0.2) is 0 Å². The molecule has 24 heavy (non-hydrogen) atoms. The van der Waals surface area contributed by atoms with E-state index in [9.17, 15) is 9.59 Å². The molecule has 0 saturated heterocycles. The second kappa shape index (κ2) is 7.83. The minimum atomic E-state index is -0.900. The number of aryl methyl sites for hydroxylation is 1. The maximum Gasteiger partial charge on any atom is 0.510 e. The van der Waals surface area contributed by atoms with Gasteiger partial charge in [0, 0.05) is 18.1 Å². The molecule has 0 N–H and O–H groups in total. The lowest BCUT2D eigenvalue weighted by molar-refractivity contribution is -0.00643. The maximum absolute atomic E-state index is 12.3. The molecule has 7 nitrogen and oxygen atoms in total. The van der Waals surface area contributed by atoms with Crippen LogP contribution in [-0.4, -0.2) is 56.3 Å². The SMILES string of the molecule is COC(=O)OCOC(=O)n1cc(CCN(C)C)c2cc(C)ccc21. The van der Waals surface area contributed by atoms with E-state index in [2.05, 4.69) is 20.4 Å². The largest absolute Gasteiger partial charge is 0.510 e. The molecule has 1 aromatic carbocycles. The highest BCUT2D eigenvalue weighted by Crippen LogP contribution is 2.23. The quantitative estimate of drug-likeness (QED) is 0.618. The molecule has 0 aliphatic rings. The topological polar surface area (TPSA) is 70.0 Å². The lowest BCUT2D eigenvalue weighted by Gasteiger charge is -2.08. The summed E-state index contributed by atoms with van der Waals surface area (Å²) in [4.78, 5) is 25.2. The molecule has 130 valence electrons. The van der Waals surface area contributed by atoms with Crippen molar-refractivity contribution >= 4 is 23.2 Å². The van der Waals surface area contributed by atoms with E-state index in [1.807, 2.05) is 33.2 Å². The van der Waals surface area contributed by atoms with Crippen molar-refractivity contribution in [2.75, 3.05) is 34.5 Å². The van der Waals surface area contributed by atoms with Gasteiger partial charge in [-0.05, 0) is 45.1 Å². The van der Waals surface area contributed by atoms with Crippen molar-refractivity contribution in [1.82, 2.24) is 9.47 Å². The van der Waals surface area contributed by atoms with Crippen LogP contribution in [-0.2, 0) is 20.6 Å². The molecule has 1 aromatic heterocycles. The van der Waals surface area contributed by atoms with E-state index >= 15 is 0 Å². The number of likely N-dealkylation sites (N-methyl/N-ethyl adjacent to an activating group) is 1. The maximum atomic E-state index is 12.3. The molecule has 0 spiro atoms. The number of hydrogen-bond acceptors (Lipinski definition) is 6. The first-order chi connectivity index (χ1) is 11.4. The number of ether oxygens (including phenoxy) is 3. The van der Waals surface area contributed by atoms with Crippen LogP contribution in [0.4, 0.5) is 9.59 Å². The van der Waals surface area contributed by atoms with Crippen molar-refractivity contribution < 1.29 is 23.8 Å². The molecule has 0 fully saturated rings. The number of benzene rings is 1. The van der Waals surface area contributed by atoms with Gasteiger partial charge in [-0.2, -0.15) is 0 Å². The van der Waals surface area contributed by atoms with Crippen molar-refractivity contribution in [3.8, 4) is 0 Å². The zero-order chi connectivity index (χ0) is 17.7. The van der Waals surface area contributed by atoms with Gasteiger partial charge in [-0.3, -0.25) is 4.57 Å². The second-order valence-corrected chi connectivity index (χ2v) is 5.72. The number of aromatic nitrogens is 1. The Morgan fingerprint density at radius 1 is 1.21 bits per heavy atom. The highest BCUT2D eigenvalue weighted by molar-refractivity contribution is 5.92. The van der Waals surface area contributed by atoms with Crippen LogP contribution < -0.4 is 0 Å². The van der Waals surface area contributed by atoms with E-state index in [0.717, 1.165) is 35.0 Å². The minimum Gasteiger partial charge on any atom is -0.438 e. The Morgan fingerprint density at radius 3 is 2.62 bits per heavy atom. The molecule has 0 saturated carbocycles. The molecule has 0 atom stereocenters. The van der Waals surface area contributed by atoms with E-state index in [0.29, 0.717) is 0 Å². The third kappa shape index (κ3) is 4.26. The normalized spacial score (nSPS) is 10.9. The number of methoxy groups -OCH3 is 1. The Morgan fingerprint density at radius 2 is 1.96 bits per heavy atom. The Balaban J connectivity index is 2.22. The molecular formula is C17H22N2O5. The summed E-state index contributed by atoms with van der Waals surface area (Å²) in [6, 6.07) is 5.87. The van der Waals surface area contributed by atoms with Crippen molar-refractivity contribution in [2.24, 2.45) is 0 Å². The third-order valence-corrected chi connectivity index (χ3v) is 3.59. The van der Waals surface area contributed by atoms with Gasteiger partial charge >= 0.3 is 12.2 Å². The predicted octanol–water partition coefficient (Wildman–Crippen LogP) is 2.78. The molecule has 2 aromatic rings. The van der Waals surface area contributed by atoms with Crippen LogP contribution in [0.25, 0.3) is 10.9 Å². The summed E-state index contributed by atoms with van der Waals surface area (Å²) in [5, 5.41) is 1.02. The van der Waals surface area contributed by atoms with Crippen LogP contribution >= 0.6 is 0 Å². The number of hydrogen-bond donors (Lipinski definition) is 0. The van der Waals surface area contributed by atoms with Crippen molar-refractivity contribution in [3.63, 3.8) is 0 Å². The van der Waals surface area contributed by atoms with Crippen LogP contribution in [0.2, 0.25) is 0 Å². The molecule has 2 rings (SSSR count). The van der Waals surface area contributed by atoms with Crippen LogP contribution in [0.5, 0.6) is 0 Å².